The SMILES string of the molecule is CCCCCCCCCCc1[nH]c(C)c2ccccc12. The molecule has 0 aliphatic carbocycles. The highest BCUT2D eigenvalue weighted by Gasteiger charge is 2.05. The zero-order valence-electron chi connectivity index (χ0n) is 13.2. The number of unbranched alkanes of at least 4 members (excludes halogenated alkanes) is 7. The summed E-state index contributed by atoms with van der Waals surface area (Å²) in [6.45, 7) is 4.46. The first-order chi connectivity index (χ1) is 9.83. The fourth-order valence-electron chi connectivity index (χ4n) is 3.07. The van der Waals surface area contributed by atoms with Gasteiger partial charge in [-0.05, 0) is 19.8 Å². The van der Waals surface area contributed by atoms with Crippen molar-refractivity contribution in [1.29, 1.82) is 0 Å². The van der Waals surface area contributed by atoms with Gasteiger partial charge in [0.05, 0.1) is 0 Å². The number of rotatable bonds is 9. The summed E-state index contributed by atoms with van der Waals surface area (Å²) in [7, 11) is 0. The first kappa shape index (κ1) is 15.2. The summed E-state index contributed by atoms with van der Waals surface area (Å²) in [6, 6.07) is 8.74. The third-order valence-electron chi connectivity index (χ3n) is 4.27. The van der Waals surface area contributed by atoms with Gasteiger partial charge in [0, 0.05) is 22.2 Å². The molecule has 1 nitrogen and oxygen atoms in total. The second kappa shape index (κ2) is 8.14. The van der Waals surface area contributed by atoms with Crippen molar-refractivity contribution in [3.05, 3.63) is 35.7 Å². The highest BCUT2D eigenvalue weighted by Crippen LogP contribution is 2.23. The summed E-state index contributed by atoms with van der Waals surface area (Å²) in [4.78, 5) is 3.57. The molecule has 0 saturated heterocycles. The van der Waals surface area contributed by atoms with Gasteiger partial charge in [0.25, 0.3) is 0 Å². The predicted octanol–water partition coefficient (Wildman–Crippen LogP) is 6.16. The smallest absolute Gasteiger partial charge is 0.0228 e. The Kier molecular flexibility index (Phi) is 6.17. The number of H-pyrrole nitrogens is 1. The van der Waals surface area contributed by atoms with E-state index in [0.29, 0.717) is 0 Å². The fourth-order valence-corrected chi connectivity index (χ4v) is 3.07. The lowest BCUT2D eigenvalue weighted by atomic mass is 10.0. The minimum absolute atomic E-state index is 1.20. The molecule has 1 aromatic carbocycles. The predicted molar refractivity (Wildman–Crippen MR) is 89.3 cm³/mol. The summed E-state index contributed by atoms with van der Waals surface area (Å²) < 4.78 is 0. The maximum absolute atomic E-state index is 3.57. The molecule has 0 bridgehead atoms. The number of nitrogens with one attached hydrogen (secondary N) is 1. The molecule has 0 spiro atoms. The van der Waals surface area contributed by atoms with E-state index in [0.717, 1.165) is 0 Å². The van der Waals surface area contributed by atoms with Crippen LogP contribution in [0.3, 0.4) is 0 Å². The highest BCUT2D eigenvalue weighted by atomic mass is 14.7. The third-order valence-corrected chi connectivity index (χ3v) is 4.27. The number of benzene rings is 1. The van der Waals surface area contributed by atoms with E-state index in [4.69, 9.17) is 0 Å². The van der Waals surface area contributed by atoms with E-state index >= 15 is 0 Å². The van der Waals surface area contributed by atoms with Crippen LogP contribution in [0, 0.1) is 6.92 Å². The van der Waals surface area contributed by atoms with Crippen LogP contribution in [0.15, 0.2) is 24.3 Å². The molecule has 0 saturated carbocycles. The zero-order chi connectivity index (χ0) is 14.2. The van der Waals surface area contributed by atoms with Gasteiger partial charge in [-0.15, -0.1) is 0 Å². The summed E-state index contributed by atoms with van der Waals surface area (Å²) in [5, 5.41) is 2.81. The number of aromatic amines is 1. The van der Waals surface area contributed by atoms with Gasteiger partial charge in [-0.3, -0.25) is 0 Å². The monoisotopic (exact) mass is 271 g/mol. The lowest BCUT2D eigenvalue weighted by molar-refractivity contribution is 0.574. The maximum Gasteiger partial charge on any atom is 0.0228 e. The van der Waals surface area contributed by atoms with Gasteiger partial charge in [0.15, 0.2) is 0 Å². The van der Waals surface area contributed by atoms with Crippen molar-refractivity contribution < 1.29 is 0 Å². The molecule has 0 aliphatic heterocycles. The lowest BCUT2D eigenvalue weighted by Gasteiger charge is -2.02. The number of hydrogen-bond acceptors (Lipinski definition) is 0. The molecule has 1 heterocycles. The van der Waals surface area contributed by atoms with Crippen molar-refractivity contribution in [2.24, 2.45) is 0 Å². The molecule has 1 heteroatoms. The molecule has 110 valence electrons. The van der Waals surface area contributed by atoms with Crippen molar-refractivity contribution in [3.63, 3.8) is 0 Å². The fraction of sp³-hybridized carbons (Fsp3) is 0.579. The Morgan fingerprint density at radius 3 is 2.10 bits per heavy atom. The summed E-state index contributed by atoms with van der Waals surface area (Å²) in [5.74, 6) is 0. The molecule has 0 radical (unpaired) electrons. The highest BCUT2D eigenvalue weighted by molar-refractivity contribution is 5.87. The number of aromatic nitrogens is 1. The Hall–Kier alpha value is -1.24. The molecule has 1 aromatic heterocycles. The summed E-state index contributed by atoms with van der Waals surface area (Å²) in [6.07, 6.45) is 12.3. The first-order valence-electron chi connectivity index (χ1n) is 8.39. The molecule has 20 heavy (non-hydrogen) atoms. The molecule has 0 fully saturated rings. The number of aryl methyl sites for hydroxylation is 2. The molecule has 0 atom stereocenters. The Bertz CT molecular complexity index is 509. The van der Waals surface area contributed by atoms with Gasteiger partial charge < -0.3 is 4.98 Å². The van der Waals surface area contributed by atoms with Crippen LogP contribution in [0.5, 0.6) is 0 Å². The van der Waals surface area contributed by atoms with Crippen LogP contribution in [0.4, 0.5) is 0 Å². The van der Waals surface area contributed by atoms with Gasteiger partial charge in [0.2, 0.25) is 0 Å². The van der Waals surface area contributed by atoms with E-state index in [-0.39, 0.29) is 0 Å². The number of hydrogen-bond donors (Lipinski definition) is 1. The molecule has 0 amide bonds. The van der Waals surface area contributed by atoms with E-state index in [9.17, 15) is 0 Å². The van der Waals surface area contributed by atoms with Gasteiger partial charge in [-0.25, -0.2) is 0 Å². The largest absolute Gasteiger partial charge is 0.361 e. The molecular formula is C19H29N. The van der Waals surface area contributed by atoms with E-state index < -0.39 is 0 Å². The van der Waals surface area contributed by atoms with Crippen molar-refractivity contribution in [2.75, 3.05) is 0 Å². The van der Waals surface area contributed by atoms with Crippen LogP contribution < -0.4 is 0 Å². The minimum Gasteiger partial charge on any atom is -0.361 e. The third kappa shape index (κ3) is 4.13. The molecule has 1 N–H and O–H groups in total. The average molecular weight is 271 g/mol. The van der Waals surface area contributed by atoms with Crippen LogP contribution in [0.2, 0.25) is 0 Å². The quantitative estimate of drug-likeness (QED) is 0.526. The number of fused-ring (bicyclic) bond motifs is 1. The van der Waals surface area contributed by atoms with E-state index in [1.165, 1.54) is 79.9 Å². The second-order valence-corrected chi connectivity index (χ2v) is 6.00. The Morgan fingerprint density at radius 1 is 0.800 bits per heavy atom. The maximum atomic E-state index is 3.57. The van der Waals surface area contributed by atoms with Gasteiger partial charge in [-0.2, -0.15) is 0 Å². The zero-order valence-corrected chi connectivity index (χ0v) is 13.2. The van der Waals surface area contributed by atoms with Crippen LogP contribution in [0.1, 0.15) is 69.7 Å². The summed E-state index contributed by atoms with van der Waals surface area (Å²) in [5.41, 5.74) is 2.75. The van der Waals surface area contributed by atoms with Gasteiger partial charge >= 0.3 is 0 Å². The Morgan fingerprint density at radius 2 is 1.40 bits per heavy atom. The van der Waals surface area contributed by atoms with Crippen molar-refractivity contribution in [2.45, 2.75) is 71.6 Å². The average Bonchev–Trinajstić information content (AvgIpc) is 2.79. The van der Waals surface area contributed by atoms with E-state index in [1.807, 2.05) is 0 Å². The molecular weight excluding hydrogens is 242 g/mol. The normalized spacial score (nSPS) is 11.3. The molecule has 0 unspecified atom stereocenters. The van der Waals surface area contributed by atoms with Crippen molar-refractivity contribution >= 4 is 10.8 Å². The molecule has 0 aliphatic rings. The van der Waals surface area contributed by atoms with Crippen LogP contribution in [0.25, 0.3) is 10.8 Å². The Labute approximate surface area is 123 Å². The lowest BCUT2D eigenvalue weighted by Crippen LogP contribution is -1.88. The molecule has 2 rings (SSSR count). The second-order valence-electron chi connectivity index (χ2n) is 6.00. The van der Waals surface area contributed by atoms with Gasteiger partial charge in [-0.1, -0.05) is 76.1 Å². The van der Waals surface area contributed by atoms with Crippen LogP contribution >= 0.6 is 0 Å². The molecule has 2 aromatic rings. The van der Waals surface area contributed by atoms with E-state index in [1.54, 1.807) is 0 Å². The summed E-state index contributed by atoms with van der Waals surface area (Å²) >= 11 is 0. The first-order valence-corrected chi connectivity index (χ1v) is 8.39. The van der Waals surface area contributed by atoms with E-state index in [2.05, 4.69) is 43.1 Å². The van der Waals surface area contributed by atoms with Crippen molar-refractivity contribution in [1.82, 2.24) is 4.98 Å². The standard InChI is InChI=1S/C19H29N/c1-3-4-5-6-7-8-9-10-15-19-18-14-12-11-13-17(18)16(2)20-19/h11-14,20H,3-10,15H2,1-2H3. The van der Waals surface area contributed by atoms with Crippen LogP contribution in [-0.4, -0.2) is 4.98 Å². The van der Waals surface area contributed by atoms with Crippen LogP contribution in [-0.2, 0) is 6.42 Å². The van der Waals surface area contributed by atoms with Gasteiger partial charge in [0.1, 0.15) is 0 Å². The topological polar surface area (TPSA) is 15.8 Å². The minimum atomic E-state index is 1.20. The van der Waals surface area contributed by atoms with Crippen molar-refractivity contribution in [3.8, 4) is 0 Å². The Balaban J connectivity index is 1.71.